The van der Waals surface area contributed by atoms with Crippen LogP contribution in [0.25, 0.3) is 55.0 Å². The minimum Gasteiger partial charge on any atom is -0.456 e. The van der Waals surface area contributed by atoms with Crippen molar-refractivity contribution in [2.24, 2.45) is 0 Å². The van der Waals surface area contributed by atoms with Crippen LogP contribution >= 0.6 is 0 Å². The van der Waals surface area contributed by atoms with Crippen molar-refractivity contribution in [1.29, 1.82) is 0 Å². The van der Waals surface area contributed by atoms with E-state index in [4.69, 9.17) is 8.83 Å². The predicted molar refractivity (Wildman–Crippen MR) is 263 cm³/mol. The second-order valence-electron chi connectivity index (χ2n) is 19.5. The van der Waals surface area contributed by atoms with Gasteiger partial charge in [0.05, 0.1) is 0 Å². The monoisotopic (exact) mass is 802 g/mol. The highest BCUT2D eigenvalue weighted by molar-refractivity contribution is 7.00. The highest BCUT2D eigenvalue weighted by atomic mass is 16.3. The third kappa shape index (κ3) is 5.47. The first-order valence-corrected chi connectivity index (χ1v) is 21.9. The lowest BCUT2D eigenvalue weighted by molar-refractivity contribution is 0.590. The summed E-state index contributed by atoms with van der Waals surface area (Å²) in [5, 5.41) is 4.54. The molecular weight excluding hydrogens is 755 g/mol. The van der Waals surface area contributed by atoms with E-state index in [1.807, 2.05) is 12.1 Å². The highest BCUT2D eigenvalue weighted by Crippen LogP contribution is 2.47. The number of nitrogens with zero attached hydrogens (tertiary/aromatic N) is 2. The number of fused-ring (bicyclic) bond motifs is 10. The molecular formula is C57H47BN2O2. The Hall–Kier alpha value is -6.98. The lowest BCUT2D eigenvalue weighted by atomic mass is 9.33. The van der Waals surface area contributed by atoms with Gasteiger partial charge in [-0.05, 0) is 117 Å². The third-order valence-corrected chi connectivity index (χ3v) is 13.4. The lowest BCUT2D eigenvalue weighted by Crippen LogP contribution is -2.61. The van der Waals surface area contributed by atoms with Gasteiger partial charge in [-0.3, -0.25) is 0 Å². The average Bonchev–Trinajstić information content (AvgIpc) is 3.83. The minimum absolute atomic E-state index is 0.0287. The fraction of sp³-hybridized carbons (Fsp3) is 0.158. The summed E-state index contributed by atoms with van der Waals surface area (Å²) in [5.41, 5.74) is 20.6. The van der Waals surface area contributed by atoms with Gasteiger partial charge in [0.25, 0.3) is 6.71 Å². The quantitative estimate of drug-likeness (QED) is 0.167. The number of para-hydroxylation sites is 3. The fourth-order valence-electron chi connectivity index (χ4n) is 10.2. The number of benzene rings is 8. The van der Waals surface area contributed by atoms with Crippen LogP contribution in [0.3, 0.4) is 0 Å². The first-order valence-electron chi connectivity index (χ1n) is 21.9. The van der Waals surface area contributed by atoms with Crippen LogP contribution in [-0.2, 0) is 10.8 Å². The van der Waals surface area contributed by atoms with Gasteiger partial charge in [0.1, 0.15) is 22.3 Å². The molecule has 0 fully saturated rings. The molecule has 10 aromatic rings. The smallest absolute Gasteiger partial charge is 0.252 e. The van der Waals surface area contributed by atoms with E-state index in [0.717, 1.165) is 66.4 Å². The van der Waals surface area contributed by atoms with Gasteiger partial charge in [0.15, 0.2) is 0 Å². The molecule has 0 amide bonds. The summed E-state index contributed by atoms with van der Waals surface area (Å²) in [4.78, 5) is 5.02. The molecule has 0 unspecified atom stereocenters. The summed E-state index contributed by atoms with van der Waals surface area (Å²) in [6.07, 6.45) is 0. The summed E-state index contributed by atoms with van der Waals surface area (Å²) >= 11 is 0. The molecule has 5 heteroatoms. The Morgan fingerprint density at radius 1 is 0.435 bits per heavy atom. The lowest BCUT2D eigenvalue weighted by Gasteiger charge is -2.45. The van der Waals surface area contributed by atoms with E-state index in [-0.39, 0.29) is 17.5 Å². The average molecular weight is 803 g/mol. The summed E-state index contributed by atoms with van der Waals surface area (Å²) in [6, 6.07) is 58.2. The predicted octanol–water partition coefficient (Wildman–Crippen LogP) is 14.1. The molecule has 4 heterocycles. The van der Waals surface area contributed by atoms with Crippen molar-refractivity contribution >= 4 is 101 Å². The Morgan fingerprint density at radius 3 is 1.60 bits per heavy atom. The standard InChI is InChI=1S/C57H47BN2O2/c1-34-29-49-54-50(30-34)60(39-25-26-43-41-13-8-10-17-51(41)61-53(43)33-39)48-32-37(57(5,6)7)22-28-46(48)58(54)45-27-21-36(56(2,3)4)31-47(45)59(49)38-23-19-35(20-24-38)40-15-12-16-44-42-14-9-11-18-52(42)62-55(40)44/h8-33H,1-7H3. The van der Waals surface area contributed by atoms with Gasteiger partial charge in [-0.2, -0.15) is 0 Å². The molecule has 2 aromatic heterocycles. The summed E-state index contributed by atoms with van der Waals surface area (Å²) in [6.45, 7) is 16.1. The molecule has 0 saturated carbocycles. The molecule has 4 nitrogen and oxygen atoms in total. The maximum absolute atomic E-state index is 6.54. The zero-order valence-corrected chi connectivity index (χ0v) is 36.3. The van der Waals surface area contributed by atoms with E-state index >= 15 is 0 Å². The van der Waals surface area contributed by atoms with Gasteiger partial charge in [0.2, 0.25) is 0 Å². The molecule has 2 aliphatic heterocycles. The van der Waals surface area contributed by atoms with Crippen molar-refractivity contribution in [3.05, 3.63) is 174 Å². The molecule has 8 aromatic carbocycles. The molecule has 2 aliphatic rings. The van der Waals surface area contributed by atoms with E-state index in [2.05, 4.69) is 204 Å². The van der Waals surface area contributed by atoms with Crippen molar-refractivity contribution in [3.8, 4) is 11.1 Å². The van der Waals surface area contributed by atoms with Gasteiger partial charge in [0, 0.05) is 67.3 Å². The molecule has 0 spiro atoms. The molecule has 300 valence electrons. The van der Waals surface area contributed by atoms with Gasteiger partial charge < -0.3 is 18.6 Å². The molecule has 0 radical (unpaired) electrons. The van der Waals surface area contributed by atoms with Crippen molar-refractivity contribution in [2.75, 3.05) is 9.80 Å². The summed E-state index contributed by atoms with van der Waals surface area (Å²) < 4.78 is 13.0. The summed E-state index contributed by atoms with van der Waals surface area (Å²) in [5.74, 6) is 0. The maximum Gasteiger partial charge on any atom is 0.252 e. The largest absolute Gasteiger partial charge is 0.456 e. The van der Waals surface area contributed by atoms with Crippen LogP contribution in [0.5, 0.6) is 0 Å². The van der Waals surface area contributed by atoms with E-state index < -0.39 is 0 Å². The zero-order valence-electron chi connectivity index (χ0n) is 36.3. The van der Waals surface area contributed by atoms with Gasteiger partial charge in [-0.25, -0.2) is 0 Å². The number of aryl methyl sites for hydroxylation is 1. The Labute approximate surface area is 363 Å². The molecule has 0 N–H and O–H groups in total. The topological polar surface area (TPSA) is 32.8 Å². The van der Waals surface area contributed by atoms with Crippen LogP contribution in [0.2, 0.25) is 0 Å². The maximum atomic E-state index is 6.54. The number of hydrogen-bond donors (Lipinski definition) is 0. The van der Waals surface area contributed by atoms with E-state index in [1.165, 1.54) is 55.8 Å². The Morgan fingerprint density at radius 2 is 0.968 bits per heavy atom. The van der Waals surface area contributed by atoms with Crippen LogP contribution in [0.15, 0.2) is 167 Å². The number of anilines is 6. The number of hydrogen-bond acceptors (Lipinski definition) is 4. The van der Waals surface area contributed by atoms with Gasteiger partial charge in [-0.15, -0.1) is 0 Å². The van der Waals surface area contributed by atoms with Gasteiger partial charge in [-0.1, -0.05) is 133 Å². The molecule has 12 rings (SSSR count). The summed E-state index contributed by atoms with van der Waals surface area (Å²) in [7, 11) is 0. The van der Waals surface area contributed by atoms with Gasteiger partial charge >= 0.3 is 0 Å². The van der Waals surface area contributed by atoms with Crippen LogP contribution in [-0.4, -0.2) is 6.71 Å². The number of furan rings is 2. The highest BCUT2D eigenvalue weighted by Gasteiger charge is 2.44. The van der Waals surface area contributed by atoms with Crippen LogP contribution in [0.1, 0.15) is 58.2 Å². The molecule has 0 bridgehead atoms. The molecule has 0 saturated heterocycles. The first-order chi connectivity index (χ1) is 29.9. The third-order valence-electron chi connectivity index (χ3n) is 13.4. The normalized spacial score (nSPS) is 13.6. The Kier molecular flexibility index (Phi) is 7.73. The SMILES string of the molecule is Cc1cc2c3c(c1)N(c1ccc4c(c1)oc1ccccc14)c1cc(C(C)(C)C)ccc1B3c1ccc(C(C)(C)C)cc1N2c1ccc(-c2cccc3c2oc2ccccc23)cc1. The fourth-order valence-corrected chi connectivity index (χ4v) is 10.2. The van der Waals surface area contributed by atoms with Crippen molar-refractivity contribution in [3.63, 3.8) is 0 Å². The Bertz CT molecular complexity index is 3470. The number of rotatable bonds is 3. The van der Waals surface area contributed by atoms with Crippen LogP contribution in [0, 0.1) is 6.92 Å². The Balaban J connectivity index is 1.09. The van der Waals surface area contributed by atoms with E-state index in [0.29, 0.717) is 0 Å². The van der Waals surface area contributed by atoms with Crippen molar-refractivity contribution in [2.45, 2.75) is 59.3 Å². The molecule has 0 aliphatic carbocycles. The van der Waals surface area contributed by atoms with Crippen LogP contribution in [0.4, 0.5) is 34.1 Å². The van der Waals surface area contributed by atoms with Crippen molar-refractivity contribution < 1.29 is 8.83 Å². The van der Waals surface area contributed by atoms with Crippen LogP contribution < -0.4 is 26.2 Å². The second kappa shape index (κ2) is 13.0. The van der Waals surface area contributed by atoms with E-state index in [1.54, 1.807) is 0 Å². The molecule has 0 atom stereocenters. The minimum atomic E-state index is -0.0357. The van der Waals surface area contributed by atoms with Crippen molar-refractivity contribution in [1.82, 2.24) is 0 Å². The first kappa shape index (κ1) is 36.8. The van der Waals surface area contributed by atoms with E-state index in [9.17, 15) is 0 Å². The molecule has 62 heavy (non-hydrogen) atoms. The zero-order chi connectivity index (χ0) is 42.2. The second-order valence-corrected chi connectivity index (χ2v) is 19.5.